The highest BCUT2D eigenvalue weighted by Gasteiger charge is 2.57. The van der Waals surface area contributed by atoms with Crippen molar-refractivity contribution in [2.75, 3.05) is 0 Å². The van der Waals surface area contributed by atoms with Gasteiger partial charge in [-0.15, -0.1) is 0 Å². The van der Waals surface area contributed by atoms with Crippen molar-refractivity contribution in [3.63, 3.8) is 0 Å². The second kappa shape index (κ2) is 2.24. The van der Waals surface area contributed by atoms with E-state index in [1.807, 2.05) is 0 Å². The van der Waals surface area contributed by atoms with Gasteiger partial charge in [0, 0.05) is 0 Å². The fourth-order valence-corrected chi connectivity index (χ4v) is 12.7. The third-order valence-corrected chi connectivity index (χ3v) is 11.5. The largest absolute Gasteiger partial charge is 0.0547 e. The van der Waals surface area contributed by atoms with Crippen molar-refractivity contribution in [1.29, 1.82) is 0 Å². The van der Waals surface area contributed by atoms with Gasteiger partial charge in [0.2, 0.25) is 0 Å². The smallest absolute Gasteiger partial charge is 0.0540 e. The first-order valence-electron chi connectivity index (χ1n) is 6.35. The Hall–Kier alpha value is 0.217. The van der Waals surface area contributed by atoms with E-state index in [0.29, 0.717) is 0 Å². The zero-order chi connectivity index (χ0) is 8.47. The zero-order valence-electron chi connectivity index (χ0n) is 8.47. The van der Waals surface area contributed by atoms with Crippen LogP contribution in [0.5, 0.6) is 0 Å². The minimum absolute atomic E-state index is 0.596. The summed E-state index contributed by atoms with van der Waals surface area (Å²) in [6.45, 7) is 0. The van der Waals surface area contributed by atoms with Crippen molar-refractivity contribution >= 4 is 8.07 Å². The number of hydrogen-bond acceptors (Lipinski definition) is 0. The molecule has 0 unspecified atom stereocenters. The van der Waals surface area contributed by atoms with Crippen molar-refractivity contribution in [2.24, 2.45) is 23.7 Å². The highest BCUT2D eigenvalue weighted by molar-refractivity contribution is 6.81. The van der Waals surface area contributed by atoms with Gasteiger partial charge in [0.05, 0.1) is 8.07 Å². The Morgan fingerprint density at radius 1 is 0.538 bits per heavy atom. The molecule has 0 amide bonds. The van der Waals surface area contributed by atoms with Gasteiger partial charge in [-0.3, -0.25) is 0 Å². The van der Waals surface area contributed by atoms with Crippen LogP contribution >= 0.6 is 0 Å². The van der Waals surface area contributed by atoms with E-state index < -0.39 is 8.07 Å². The summed E-state index contributed by atoms with van der Waals surface area (Å²) in [6, 6.07) is 7.13. The van der Waals surface area contributed by atoms with Gasteiger partial charge in [-0.05, 0) is 23.7 Å². The lowest BCUT2D eigenvalue weighted by molar-refractivity contribution is 0.238. The van der Waals surface area contributed by atoms with Crippen LogP contribution in [-0.4, -0.2) is 8.07 Å². The van der Waals surface area contributed by atoms with E-state index in [4.69, 9.17) is 0 Å². The van der Waals surface area contributed by atoms with Gasteiger partial charge in [-0.25, -0.2) is 0 Å². The van der Waals surface area contributed by atoms with E-state index in [-0.39, 0.29) is 0 Å². The summed E-state index contributed by atoms with van der Waals surface area (Å²) < 4.78 is 0. The molecule has 0 N–H and O–H groups in total. The standard InChI is InChI=1S/C12H20Si/c1-2-10-6-13(5-9(1)10)7-11-3-4-12(11)8-13/h9-12H,1-8H2/t9-,10-,11-,12-/m1/s1. The molecule has 0 nitrogen and oxygen atoms in total. The highest BCUT2D eigenvalue weighted by atomic mass is 28.3. The van der Waals surface area contributed by atoms with E-state index in [0.717, 1.165) is 0 Å². The predicted octanol–water partition coefficient (Wildman–Crippen LogP) is 3.51. The molecule has 4 atom stereocenters. The van der Waals surface area contributed by atoms with Gasteiger partial charge in [0.25, 0.3) is 0 Å². The topological polar surface area (TPSA) is 0 Å². The van der Waals surface area contributed by atoms with Crippen LogP contribution in [0.2, 0.25) is 24.2 Å². The van der Waals surface area contributed by atoms with Gasteiger partial charge >= 0.3 is 0 Å². The Morgan fingerprint density at radius 3 is 1.08 bits per heavy atom. The van der Waals surface area contributed by atoms with Crippen molar-refractivity contribution in [3.05, 3.63) is 0 Å². The van der Waals surface area contributed by atoms with Crippen molar-refractivity contribution in [1.82, 2.24) is 0 Å². The fourth-order valence-electron chi connectivity index (χ4n) is 5.08. The third-order valence-electron chi connectivity index (χ3n) is 5.93. The molecule has 2 heterocycles. The molecule has 2 aliphatic heterocycles. The second-order valence-corrected chi connectivity index (χ2v) is 11.1. The van der Waals surface area contributed by atoms with E-state index in [9.17, 15) is 0 Å². The SMILES string of the molecule is C1C[C@@H]2C[Si]3(C[C@@H]12)C[C@H]1CC[C@@H]1C3. The van der Waals surface area contributed by atoms with Crippen LogP contribution in [-0.2, 0) is 0 Å². The molecule has 0 radical (unpaired) electrons. The Kier molecular flexibility index (Phi) is 1.29. The van der Waals surface area contributed by atoms with E-state index in [1.54, 1.807) is 49.9 Å². The molecular weight excluding hydrogens is 172 g/mol. The summed E-state index contributed by atoms with van der Waals surface area (Å²) in [5.41, 5.74) is 0. The molecule has 4 aliphatic rings. The summed E-state index contributed by atoms with van der Waals surface area (Å²) in [5.74, 6) is 5.02. The lowest BCUT2D eigenvalue weighted by atomic mass is 9.77. The van der Waals surface area contributed by atoms with Crippen LogP contribution in [0.4, 0.5) is 0 Å². The van der Waals surface area contributed by atoms with Crippen molar-refractivity contribution in [3.8, 4) is 0 Å². The fraction of sp³-hybridized carbons (Fsp3) is 1.00. The average molecular weight is 192 g/mol. The van der Waals surface area contributed by atoms with Crippen LogP contribution in [0.25, 0.3) is 0 Å². The molecule has 2 saturated heterocycles. The molecule has 0 aromatic carbocycles. The molecule has 13 heavy (non-hydrogen) atoms. The molecule has 0 aromatic rings. The molecule has 4 rings (SSSR count). The maximum atomic E-state index is 1.78. The van der Waals surface area contributed by atoms with Gasteiger partial charge in [-0.2, -0.15) is 0 Å². The average Bonchev–Trinajstić information content (AvgIpc) is 2.46. The van der Waals surface area contributed by atoms with Crippen LogP contribution in [0.1, 0.15) is 25.7 Å². The van der Waals surface area contributed by atoms with Gasteiger partial charge in [0.1, 0.15) is 0 Å². The first-order valence-corrected chi connectivity index (χ1v) is 9.18. The molecular formula is C12H20Si. The second-order valence-electron chi connectivity index (χ2n) is 6.51. The zero-order valence-corrected chi connectivity index (χ0v) is 9.47. The lowest BCUT2D eigenvalue weighted by Gasteiger charge is -2.29. The molecule has 1 heteroatoms. The van der Waals surface area contributed by atoms with Crippen molar-refractivity contribution in [2.45, 2.75) is 49.9 Å². The van der Waals surface area contributed by atoms with E-state index in [1.165, 1.54) is 23.7 Å². The van der Waals surface area contributed by atoms with Gasteiger partial charge in [0.15, 0.2) is 0 Å². The summed E-state index contributed by atoms with van der Waals surface area (Å²) in [6.07, 6.45) is 6.48. The quantitative estimate of drug-likeness (QED) is 0.515. The van der Waals surface area contributed by atoms with Crippen LogP contribution < -0.4 is 0 Å². The van der Waals surface area contributed by atoms with Gasteiger partial charge < -0.3 is 0 Å². The molecule has 2 saturated carbocycles. The molecule has 72 valence electrons. The van der Waals surface area contributed by atoms with Gasteiger partial charge in [-0.1, -0.05) is 49.9 Å². The Labute approximate surface area is 82.1 Å². The molecule has 2 aliphatic carbocycles. The summed E-state index contributed by atoms with van der Waals surface area (Å²) in [7, 11) is -0.596. The minimum Gasteiger partial charge on any atom is -0.0540 e. The molecule has 1 spiro atoms. The van der Waals surface area contributed by atoms with E-state index in [2.05, 4.69) is 0 Å². The summed E-state index contributed by atoms with van der Waals surface area (Å²) in [4.78, 5) is 0. The molecule has 0 aromatic heterocycles. The monoisotopic (exact) mass is 192 g/mol. The third kappa shape index (κ3) is 0.873. The maximum Gasteiger partial charge on any atom is 0.0547 e. The highest BCUT2D eigenvalue weighted by Crippen LogP contribution is 2.63. The van der Waals surface area contributed by atoms with Crippen molar-refractivity contribution < 1.29 is 0 Å². The Balaban J connectivity index is 1.59. The Bertz CT molecular complexity index is 194. The first kappa shape index (κ1) is 7.50. The predicted molar refractivity (Wildman–Crippen MR) is 57.4 cm³/mol. The van der Waals surface area contributed by atoms with Crippen LogP contribution in [0, 0.1) is 23.7 Å². The van der Waals surface area contributed by atoms with Crippen LogP contribution in [0.15, 0.2) is 0 Å². The first-order chi connectivity index (χ1) is 6.35. The summed E-state index contributed by atoms with van der Waals surface area (Å²) >= 11 is 0. The number of rotatable bonds is 0. The summed E-state index contributed by atoms with van der Waals surface area (Å²) in [5, 5.41) is 0. The number of hydrogen-bond donors (Lipinski definition) is 0. The maximum absolute atomic E-state index is 1.78. The minimum atomic E-state index is -0.596. The molecule has 0 bridgehead atoms. The normalized spacial score (nSPS) is 55.4. The number of fused-ring (bicyclic) bond motifs is 2. The molecule has 4 fully saturated rings. The van der Waals surface area contributed by atoms with Crippen LogP contribution in [0.3, 0.4) is 0 Å². The lowest BCUT2D eigenvalue weighted by Crippen LogP contribution is -2.25. The van der Waals surface area contributed by atoms with E-state index >= 15 is 0 Å². The Morgan fingerprint density at radius 2 is 0.846 bits per heavy atom.